The van der Waals surface area contributed by atoms with Crippen LogP contribution in [0.2, 0.25) is 0 Å². The summed E-state index contributed by atoms with van der Waals surface area (Å²) in [6.45, 7) is 4.06. The molecule has 0 heterocycles. The van der Waals surface area contributed by atoms with Crippen LogP contribution in [-0.4, -0.2) is 19.1 Å². The van der Waals surface area contributed by atoms with Crippen LogP contribution in [0.5, 0.6) is 11.5 Å². The lowest BCUT2D eigenvalue weighted by Gasteiger charge is -2.13. The number of rotatable bonds is 6. The van der Waals surface area contributed by atoms with Gasteiger partial charge in [0.25, 0.3) is 5.91 Å². The molecule has 2 aromatic rings. The van der Waals surface area contributed by atoms with E-state index in [1.54, 1.807) is 43.5 Å². The summed E-state index contributed by atoms with van der Waals surface area (Å²) in [6, 6.07) is 14.4. The van der Waals surface area contributed by atoms with Crippen LogP contribution in [-0.2, 0) is 0 Å². The van der Waals surface area contributed by atoms with Gasteiger partial charge in [0.05, 0.1) is 13.2 Å². The van der Waals surface area contributed by atoms with Crippen molar-refractivity contribution in [3.05, 3.63) is 54.1 Å². The molecular formula is C18H21NO3. The summed E-state index contributed by atoms with van der Waals surface area (Å²) in [5, 5.41) is 2.85. The number of carbonyl (C=O) groups is 1. The summed E-state index contributed by atoms with van der Waals surface area (Å²) in [4.78, 5) is 12.3. The molecule has 0 bridgehead atoms. The smallest absolute Gasteiger partial charge is 0.255 e. The molecule has 0 aliphatic rings. The molecule has 4 nitrogen and oxygen atoms in total. The van der Waals surface area contributed by atoms with E-state index < -0.39 is 0 Å². The molecule has 1 amide bonds. The van der Waals surface area contributed by atoms with Gasteiger partial charge in [-0.3, -0.25) is 4.79 Å². The summed E-state index contributed by atoms with van der Waals surface area (Å²) in [5.74, 6) is 1.29. The predicted molar refractivity (Wildman–Crippen MR) is 87.8 cm³/mol. The minimum absolute atomic E-state index is 0.125. The summed E-state index contributed by atoms with van der Waals surface area (Å²) >= 11 is 0. The quantitative estimate of drug-likeness (QED) is 0.872. The van der Waals surface area contributed by atoms with E-state index >= 15 is 0 Å². The summed E-state index contributed by atoms with van der Waals surface area (Å²) in [5.41, 5.74) is 1.29. The maximum absolute atomic E-state index is 12.3. The third kappa shape index (κ3) is 4.25. The van der Waals surface area contributed by atoms with Crippen LogP contribution in [0.1, 0.15) is 30.6 Å². The van der Waals surface area contributed by atoms with Crippen LogP contribution in [0.3, 0.4) is 0 Å². The van der Waals surface area contributed by atoms with Crippen LogP contribution >= 0.6 is 0 Å². The highest BCUT2D eigenvalue weighted by atomic mass is 16.5. The van der Waals surface area contributed by atoms with E-state index in [0.29, 0.717) is 11.3 Å². The molecule has 0 saturated carbocycles. The minimum Gasteiger partial charge on any atom is -0.497 e. The molecule has 0 aliphatic carbocycles. The van der Waals surface area contributed by atoms with Gasteiger partial charge in [0.15, 0.2) is 0 Å². The zero-order valence-corrected chi connectivity index (χ0v) is 13.1. The second-order valence-electron chi connectivity index (χ2n) is 5.05. The van der Waals surface area contributed by atoms with Crippen molar-refractivity contribution in [2.45, 2.75) is 26.4 Å². The van der Waals surface area contributed by atoms with Crippen molar-refractivity contribution >= 4 is 11.6 Å². The van der Waals surface area contributed by atoms with Crippen LogP contribution in [0.25, 0.3) is 0 Å². The molecule has 1 N–H and O–H groups in total. The van der Waals surface area contributed by atoms with Gasteiger partial charge < -0.3 is 14.8 Å². The Morgan fingerprint density at radius 3 is 2.50 bits per heavy atom. The number of carbonyl (C=O) groups excluding carboxylic acids is 1. The fraction of sp³-hybridized carbons (Fsp3) is 0.278. The Kier molecular flexibility index (Phi) is 5.42. The van der Waals surface area contributed by atoms with Crippen molar-refractivity contribution in [1.29, 1.82) is 0 Å². The number of amides is 1. The number of benzene rings is 2. The first-order valence-corrected chi connectivity index (χ1v) is 7.34. The van der Waals surface area contributed by atoms with E-state index in [1.165, 1.54) is 0 Å². The van der Waals surface area contributed by atoms with Gasteiger partial charge >= 0.3 is 0 Å². The Labute approximate surface area is 131 Å². The van der Waals surface area contributed by atoms with Gasteiger partial charge in [0.2, 0.25) is 0 Å². The van der Waals surface area contributed by atoms with Crippen LogP contribution in [0.4, 0.5) is 5.69 Å². The Bertz CT molecular complexity index is 622. The summed E-state index contributed by atoms with van der Waals surface area (Å²) in [6.07, 6.45) is 1.04. The normalized spacial score (nSPS) is 11.6. The molecule has 1 unspecified atom stereocenters. The van der Waals surface area contributed by atoms with Gasteiger partial charge in [-0.1, -0.05) is 13.0 Å². The van der Waals surface area contributed by atoms with Gasteiger partial charge in [0, 0.05) is 11.3 Å². The standard InChI is InChI=1S/C18H21NO3/c1-4-13(2)22-17-7-5-6-14(12-17)18(20)19-15-8-10-16(21-3)11-9-15/h5-13H,4H2,1-3H3,(H,19,20). The van der Waals surface area contributed by atoms with E-state index in [0.717, 1.165) is 17.9 Å². The molecular weight excluding hydrogens is 278 g/mol. The largest absolute Gasteiger partial charge is 0.497 e. The van der Waals surface area contributed by atoms with Crippen molar-refractivity contribution in [1.82, 2.24) is 0 Å². The molecule has 0 fully saturated rings. The van der Waals surface area contributed by atoms with Crippen molar-refractivity contribution < 1.29 is 14.3 Å². The Hall–Kier alpha value is -2.49. The molecule has 22 heavy (non-hydrogen) atoms. The topological polar surface area (TPSA) is 47.6 Å². The zero-order valence-electron chi connectivity index (χ0n) is 13.1. The molecule has 4 heteroatoms. The van der Waals surface area contributed by atoms with Crippen LogP contribution in [0, 0.1) is 0 Å². The average Bonchev–Trinajstić information content (AvgIpc) is 2.55. The molecule has 0 spiro atoms. The van der Waals surface area contributed by atoms with Crippen LogP contribution in [0.15, 0.2) is 48.5 Å². The lowest BCUT2D eigenvalue weighted by molar-refractivity contribution is 0.102. The van der Waals surface area contributed by atoms with Gasteiger partial charge in [-0.05, 0) is 55.8 Å². The first-order chi connectivity index (χ1) is 10.6. The number of hydrogen-bond donors (Lipinski definition) is 1. The molecule has 0 saturated heterocycles. The van der Waals surface area contributed by atoms with E-state index in [9.17, 15) is 4.79 Å². The van der Waals surface area contributed by atoms with Crippen molar-refractivity contribution in [2.24, 2.45) is 0 Å². The zero-order chi connectivity index (χ0) is 15.9. The molecule has 0 aliphatic heterocycles. The number of hydrogen-bond acceptors (Lipinski definition) is 3. The Morgan fingerprint density at radius 2 is 1.86 bits per heavy atom. The second-order valence-corrected chi connectivity index (χ2v) is 5.05. The first kappa shape index (κ1) is 15.9. The number of ether oxygens (including phenoxy) is 2. The maximum atomic E-state index is 12.3. The second kappa shape index (κ2) is 7.50. The van der Waals surface area contributed by atoms with E-state index in [2.05, 4.69) is 12.2 Å². The fourth-order valence-corrected chi connectivity index (χ4v) is 1.90. The highest BCUT2D eigenvalue weighted by Crippen LogP contribution is 2.19. The first-order valence-electron chi connectivity index (χ1n) is 7.34. The monoisotopic (exact) mass is 299 g/mol. The van der Waals surface area contributed by atoms with E-state index in [-0.39, 0.29) is 12.0 Å². The molecule has 1 atom stereocenters. The lowest BCUT2D eigenvalue weighted by atomic mass is 10.2. The van der Waals surface area contributed by atoms with Crippen molar-refractivity contribution in [3.8, 4) is 11.5 Å². The molecule has 2 rings (SSSR count). The minimum atomic E-state index is -0.167. The third-order valence-electron chi connectivity index (χ3n) is 3.36. The summed E-state index contributed by atoms with van der Waals surface area (Å²) in [7, 11) is 1.61. The van der Waals surface area contributed by atoms with Gasteiger partial charge in [-0.15, -0.1) is 0 Å². The SMILES string of the molecule is CCC(C)Oc1cccc(C(=O)Nc2ccc(OC)cc2)c1. The van der Waals surface area contributed by atoms with Crippen molar-refractivity contribution in [3.63, 3.8) is 0 Å². The fourth-order valence-electron chi connectivity index (χ4n) is 1.90. The number of anilines is 1. The van der Waals surface area contributed by atoms with Gasteiger partial charge in [-0.2, -0.15) is 0 Å². The van der Waals surface area contributed by atoms with Crippen LogP contribution < -0.4 is 14.8 Å². The lowest BCUT2D eigenvalue weighted by Crippen LogP contribution is -2.13. The van der Waals surface area contributed by atoms with E-state index in [4.69, 9.17) is 9.47 Å². The average molecular weight is 299 g/mol. The molecule has 0 radical (unpaired) electrons. The number of methoxy groups -OCH3 is 1. The van der Waals surface area contributed by atoms with Crippen molar-refractivity contribution in [2.75, 3.05) is 12.4 Å². The predicted octanol–water partition coefficient (Wildman–Crippen LogP) is 4.12. The Balaban J connectivity index is 2.06. The van der Waals surface area contributed by atoms with Gasteiger partial charge in [-0.25, -0.2) is 0 Å². The third-order valence-corrected chi connectivity index (χ3v) is 3.36. The highest BCUT2D eigenvalue weighted by Gasteiger charge is 2.08. The van der Waals surface area contributed by atoms with E-state index in [1.807, 2.05) is 19.1 Å². The molecule has 0 aromatic heterocycles. The highest BCUT2D eigenvalue weighted by molar-refractivity contribution is 6.04. The Morgan fingerprint density at radius 1 is 1.14 bits per heavy atom. The van der Waals surface area contributed by atoms with Gasteiger partial charge in [0.1, 0.15) is 11.5 Å². The summed E-state index contributed by atoms with van der Waals surface area (Å²) < 4.78 is 10.8. The number of nitrogens with one attached hydrogen (secondary N) is 1. The molecule has 2 aromatic carbocycles. The maximum Gasteiger partial charge on any atom is 0.255 e. The molecule has 116 valence electrons.